The van der Waals surface area contributed by atoms with Crippen molar-refractivity contribution in [3.63, 3.8) is 0 Å². The predicted molar refractivity (Wildman–Crippen MR) is 70.1 cm³/mol. The summed E-state index contributed by atoms with van der Waals surface area (Å²) in [5.74, 6) is -0.576. The van der Waals surface area contributed by atoms with Gasteiger partial charge < -0.3 is 4.90 Å². The Hall–Kier alpha value is -1.38. The van der Waals surface area contributed by atoms with Crippen molar-refractivity contribution in [2.24, 2.45) is 0 Å². The fourth-order valence-electron chi connectivity index (χ4n) is 2.78. The molecule has 0 saturated carbocycles. The molecule has 1 fully saturated rings. The zero-order valence-corrected chi connectivity index (χ0v) is 11.2. The molecule has 18 heavy (non-hydrogen) atoms. The van der Waals surface area contributed by atoms with Crippen LogP contribution in [0, 0.1) is 12.7 Å². The maximum Gasteiger partial charge on any atom is 0.257 e. The van der Waals surface area contributed by atoms with E-state index in [4.69, 9.17) is 0 Å². The van der Waals surface area contributed by atoms with E-state index in [9.17, 15) is 9.18 Å². The van der Waals surface area contributed by atoms with Gasteiger partial charge in [0.1, 0.15) is 5.82 Å². The Bertz CT molecular complexity index is 458. The van der Waals surface area contributed by atoms with Gasteiger partial charge in [-0.05, 0) is 45.2 Å². The Balaban J connectivity index is 2.32. The van der Waals surface area contributed by atoms with E-state index in [1.807, 2.05) is 18.7 Å². The highest BCUT2D eigenvalue weighted by Crippen LogP contribution is 2.28. The van der Waals surface area contributed by atoms with E-state index in [0.717, 1.165) is 24.8 Å². The Kier molecular flexibility index (Phi) is 3.69. The number of carbonyl (C=O) groups is 1. The van der Waals surface area contributed by atoms with E-state index in [2.05, 4.69) is 6.92 Å². The minimum absolute atomic E-state index is 0.159. The Morgan fingerprint density at radius 2 is 2.17 bits per heavy atom. The zero-order chi connectivity index (χ0) is 13.3. The summed E-state index contributed by atoms with van der Waals surface area (Å²) in [5.41, 5.74) is 1.13. The van der Waals surface area contributed by atoms with Gasteiger partial charge in [-0.2, -0.15) is 0 Å². The average molecular weight is 249 g/mol. The van der Waals surface area contributed by atoms with Crippen molar-refractivity contribution < 1.29 is 9.18 Å². The van der Waals surface area contributed by atoms with Crippen molar-refractivity contribution in [1.82, 2.24) is 4.90 Å². The van der Waals surface area contributed by atoms with Gasteiger partial charge in [-0.1, -0.05) is 18.6 Å². The molecule has 3 heteroatoms. The first-order valence-electron chi connectivity index (χ1n) is 6.63. The van der Waals surface area contributed by atoms with Crippen molar-refractivity contribution in [3.05, 3.63) is 35.1 Å². The first-order chi connectivity index (χ1) is 8.54. The number of carbonyl (C=O) groups excluding carboxylic acids is 1. The summed E-state index contributed by atoms with van der Waals surface area (Å²) in [6.45, 7) is 6.00. The van der Waals surface area contributed by atoms with Gasteiger partial charge in [-0.15, -0.1) is 0 Å². The normalized spacial score (nSPS) is 23.4. The first-order valence-corrected chi connectivity index (χ1v) is 6.63. The topological polar surface area (TPSA) is 20.3 Å². The van der Waals surface area contributed by atoms with Crippen LogP contribution in [0.2, 0.25) is 0 Å². The average Bonchev–Trinajstić information content (AvgIpc) is 2.72. The molecule has 2 nitrogen and oxygen atoms in total. The quantitative estimate of drug-likeness (QED) is 0.785. The lowest BCUT2D eigenvalue weighted by atomic mass is 10.1. The van der Waals surface area contributed by atoms with Crippen LogP contribution in [0.5, 0.6) is 0 Å². The van der Waals surface area contributed by atoms with E-state index in [-0.39, 0.29) is 23.6 Å². The molecule has 2 unspecified atom stereocenters. The minimum atomic E-state index is -0.417. The molecule has 98 valence electrons. The van der Waals surface area contributed by atoms with E-state index >= 15 is 0 Å². The molecule has 1 aliphatic rings. The number of nitrogens with zero attached hydrogens (tertiary/aromatic N) is 1. The van der Waals surface area contributed by atoms with Crippen LogP contribution in [0.3, 0.4) is 0 Å². The van der Waals surface area contributed by atoms with Crippen LogP contribution in [0.25, 0.3) is 0 Å². The summed E-state index contributed by atoms with van der Waals surface area (Å²) in [5, 5.41) is 0. The molecular formula is C15H20FNO. The lowest BCUT2D eigenvalue weighted by Gasteiger charge is -2.28. The third-order valence-electron chi connectivity index (χ3n) is 3.84. The molecule has 1 heterocycles. The number of halogens is 1. The van der Waals surface area contributed by atoms with E-state index in [0.29, 0.717) is 0 Å². The Morgan fingerprint density at radius 3 is 2.83 bits per heavy atom. The van der Waals surface area contributed by atoms with Crippen molar-refractivity contribution >= 4 is 5.91 Å². The highest BCUT2D eigenvalue weighted by molar-refractivity contribution is 5.95. The smallest absolute Gasteiger partial charge is 0.257 e. The summed E-state index contributed by atoms with van der Waals surface area (Å²) >= 11 is 0. The molecule has 0 spiro atoms. The van der Waals surface area contributed by atoms with E-state index < -0.39 is 5.82 Å². The van der Waals surface area contributed by atoms with Gasteiger partial charge in [0.2, 0.25) is 0 Å². The van der Waals surface area contributed by atoms with Gasteiger partial charge in [0.25, 0.3) is 5.91 Å². The second-order valence-corrected chi connectivity index (χ2v) is 5.18. The number of aryl methyl sites for hydroxylation is 1. The van der Waals surface area contributed by atoms with Gasteiger partial charge in [-0.3, -0.25) is 4.79 Å². The molecule has 1 saturated heterocycles. The van der Waals surface area contributed by atoms with E-state index in [1.54, 1.807) is 12.1 Å². The van der Waals surface area contributed by atoms with Gasteiger partial charge in [0.15, 0.2) is 0 Å². The molecule has 0 aliphatic carbocycles. The molecule has 0 radical (unpaired) electrons. The lowest BCUT2D eigenvalue weighted by molar-refractivity contribution is 0.0671. The molecular weight excluding hydrogens is 229 g/mol. The summed E-state index contributed by atoms with van der Waals surface area (Å²) < 4.78 is 13.8. The van der Waals surface area contributed by atoms with Crippen LogP contribution in [0.15, 0.2) is 18.2 Å². The number of benzene rings is 1. The van der Waals surface area contributed by atoms with E-state index in [1.165, 1.54) is 6.07 Å². The lowest BCUT2D eigenvalue weighted by Crippen LogP contribution is -2.40. The summed E-state index contributed by atoms with van der Waals surface area (Å²) in [4.78, 5) is 14.3. The van der Waals surface area contributed by atoms with Crippen molar-refractivity contribution in [3.8, 4) is 0 Å². The monoisotopic (exact) mass is 249 g/mol. The Morgan fingerprint density at radius 1 is 1.44 bits per heavy atom. The van der Waals surface area contributed by atoms with Gasteiger partial charge in [0, 0.05) is 12.1 Å². The molecule has 0 bridgehead atoms. The second kappa shape index (κ2) is 5.09. The zero-order valence-electron chi connectivity index (χ0n) is 11.2. The van der Waals surface area contributed by atoms with Gasteiger partial charge in [-0.25, -0.2) is 4.39 Å². The number of amides is 1. The molecule has 0 aromatic heterocycles. The molecule has 1 amide bonds. The van der Waals surface area contributed by atoms with Gasteiger partial charge in [0.05, 0.1) is 5.56 Å². The number of rotatable bonds is 2. The van der Waals surface area contributed by atoms with Crippen LogP contribution in [-0.4, -0.2) is 22.9 Å². The second-order valence-electron chi connectivity index (χ2n) is 5.18. The third kappa shape index (κ3) is 2.26. The molecule has 1 aromatic carbocycles. The van der Waals surface area contributed by atoms with Crippen molar-refractivity contribution in [1.29, 1.82) is 0 Å². The molecule has 2 atom stereocenters. The van der Waals surface area contributed by atoms with Crippen LogP contribution < -0.4 is 0 Å². The van der Waals surface area contributed by atoms with Crippen LogP contribution in [0.1, 0.15) is 49.0 Å². The number of likely N-dealkylation sites (tertiary alicyclic amines) is 1. The maximum absolute atomic E-state index is 13.8. The summed E-state index contributed by atoms with van der Waals surface area (Å²) in [6, 6.07) is 5.19. The summed E-state index contributed by atoms with van der Waals surface area (Å²) in [7, 11) is 0. The maximum atomic E-state index is 13.8. The third-order valence-corrected chi connectivity index (χ3v) is 3.84. The van der Waals surface area contributed by atoms with Crippen molar-refractivity contribution in [2.45, 2.75) is 52.1 Å². The summed E-state index contributed by atoms with van der Waals surface area (Å²) in [6.07, 6.45) is 2.97. The highest BCUT2D eigenvalue weighted by atomic mass is 19.1. The van der Waals surface area contributed by atoms with Crippen LogP contribution in [-0.2, 0) is 0 Å². The predicted octanol–water partition coefficient (Wildman–Crippen LogP) is 3.54. The fourth-order valence-corrected chi connectivity index (χ4v) is 2.78. The minimum Gasteiger partial charge on any atom is -0.333 e. The molecule has 1 aliphatic heterocycles. The first kappa shape index (κ1) is 13.1. The standard InChI is InChI=1S/C15H20FNO/c1-4-12-7-6-11(3)17(12)15(18)13-9-10(2)5-8-14(13)16/h5,8-9,11-12H,4,6-7H2,1-3H3. The molecule has 1 aromatic rings. The van der Waals surface area contributed by atoms with Crippen LogP contribution in [0.4, 0.5) is 4.39 Å². The molecule has 0 N–H and O–H groups in total. The molecule has 2 rings (SSSR count). The fraction of sp³-hybridized carbons (Fsp3) is 0.533. The van der Waals surface area contributed by atoms with Crippen molar-refractivity contribution in [2.75, 3.05) is 0 Å². The SMILES string of the molecule is CCC1CCC(C)N1C(=O)c1cc(C)ccc1F. The number of hydrogen-bond donors (Lipinski definition) is 0. The van der Waals surface area contributed by atoms with Crippen LogP contribution >= 0.6 is 0 Å². The largest absolute Gasteiger partial charge is 0.333 e. The van der Waals surface area contributed by atoms with Gasteiger partial charge >= 0.3 is 0 Å². The Labute approximate surface area is 108 Å². The highest BCUT2D eigenvalue weighted by Gasteiger charge is 2.34. The number of hydrogen-bond acceptors (Lipinski definition) is 1.